The van der Waals surface area contributed by atoms with Crippen LogP contribution in [-0.4, -0.2) is 37.5 Å². The predicted molar refractivity (Wildman–Crippen MR) is 157 cm³/mol. The number of hydrogen-bond acceptors (Lipinski definition) is 4. The molecule has 0 radical (unpaired) electrons. The molecule has 1 unspecified atom stereocenters. The molecule has 220 valence electrons. The Kier molecular flexibility index (Phi) is 23.0. The number of rotatable bonds is 27. The summed E-state index contributed by atoms with van der Waals surface area (Å²) < 4.78 is 18.0. The lowest BCUT2D eigenvalue weighted by atomic mass is 9.95. The van der Waals surface area contributed by atoms with E-state index in [0.717, 1.165) is 25.9 Å². The molecule has 0 spiro atoms. The Hall–Kier alpha value is -0.450. The molecule has 4 heteroatoms. The minimum Gasteiger partial charge on any atom is -0.370 e. The Morgan fingerprint density at radius 2 is 0.946 bits per heavy atom. The fourth-order valence-corrected chi connectivity index (χ4v) is 5.43. The number of hydrogen-bond donors (Lipinski definition) is 0. The van der Waals surface area contributed by atoms with Crippen molar-refractivity contribution >= 4 is 5.78 Å². The average Bonchev–Trinajstić information content (AvgIpc) is 2.90. The Bertz CT molecular complexity index is 499. The molecule has 1 aliphatic heterocycles. The minimum atomic E-state index is -0.461. The number of carbonyl (C=O) groups is 1. The second-order valence-corrected chi connectivity index (χ2v) is 11.8. The lowest BCUT2D eigenvalue weighted by molar-refractivity contribution is -0.262. The van der Waals surface area contributed by atoms with Crippen LogP contribution in [0.4, 0.5) is 0 Å². The molecule has 0 saturated carbocycles. The first-order valence-electron chi connectivity index (χ1n) is 16.5. The highest BCUT2D eigenvalue weighted by Crippen LogP contribution is 2.29. The van der Waals surface area contributed by atoms with E-state index >= 15 is 0 Å². The first-order valence-corrected chi connectivity index (χ1v) is 16.5. The van der Waals surface area contributed by atoms with Gasteiger partial charge in [-0.05, 0) is 19.8 Å². The van der Waals surface area contributed by atoms with E-state index in [4.69, 9.17) is 14.2 Å². The first kappa shape index (κ1) is 34.6. The summed E-state index contributed by atoms with van der Waals surface area (Å²) in [5, 5.41) is 0. The molecule has 0 amide bonds. The fourth-order valence-electron chi connectivity index (χ4n) is 5.43. The third-order valence-electron chi connectivity index (χ3n) is 8.00. The van der Waals surface area contributed by atoms with Crippen LogP contribution >= 0.6 is 0 Å². The molecule has 4 nitrogen and oxygen atoms in total. The minimum absolute atomic E-state index is 0.0225. The highest BCUT2D eigenvalue weighted by Gasteiger charge is 2.39. The number of unbranched alkanes of at least 4 members (excludes halogenated alkanes) is 21. The highest BCUT2D eigenvalue weighted by molar-refractivity contribution is 5.81. The normalized spacial score (nSPS) is 16.4. The van der Waals surface area contributed by atoms with Gasteiger partial charge in [0.15, 0.2) is 12.1 Å². The predicted octanol–water partition coefficient (Wildman–Crippen LogP) is 10.1. The second-order valence-electron chi connectivity index (χ2n) is 11.8. The van der Waals surface area contributed by atoms with Gasteiger partial charge in [0.1, 0.15) is 18.8 Å². The van der Waals surface area contributed by atoms with Crippen molar-refractivity contribution in [3.8, 4) is 0 Å². The lowest BCUT2D eigenvalue weighted by Crippen LogP contribution is -2.49. The van der Waals surface area contributed by atoms with E-state index in [0.29, 0.717) is 0 Å². The summed E-state index contributed by atoms with van der Waals surface area (Å²) in [5.74, 6) is 0.0225. The molecule has 1 fully saturated rings. The SMILES string of the molecule is CCCCCCCCCCCCCCCC(C)(OCCCCCCCCCCCC)C1OCC(=O)CO1. The fraction of sp³-hybridized carbons (Fsp3) is 0.970. The maximum absolute atomic E-state index is 11.6. The van der Waals surface area contributed by atoms with Crippen molar-refractivity contribution in [2.24, 2.45) is 0 Å². The van der Waals surface area contributed by atoms with Crippen LogP contribution in [0.1, 0.15) is 175 Å². The molecule has 1 rings (SSSR count). The average molecular weight is 525 g/mol. The highest BCUT2D eigenvalue weighted by atomic mass is 16.7. The molecular formula is C33H64O4. The number of carbonyl (C=O) groups excluding carboxylic acids is 1. The van der Waals surface area contributed by atoms with Gasteiger partial charge in [0.05, 0.1) is 0 Å². The maximum Gasteiger partial charge on any atom is 0.187 e. The zero-order valence-corrected chi connectivity index (χ0v) is 25.3. The van der Waals surface area contributed by atoms with Gasteiger partial charge in [-0.25, -0.2) is 0 Å². The number of ether oxygens (including phenoxy) is 3. The van der Waals surface area contributed by atoms with Crippen molar-refractivity contribution in [2.45, 2.75) is 187 Å². The molecule has 1 heterocycles. The van der Waals surface area contributed by atoms with E-state index in [1.165, 1.54) is 135 Å². The van der Waals surface area contributed by atoms with Crippen molar-refractivity contribution in [1.82, 2.24) is 0 Å². The van der Waals surface area contributed by atoms with E-state index in [1.807, 2.05) is 0 Å². The van der Waals surface area contributed by atoms with Gasteiger partial charge in [0.2, 0.25) is 0 Å². The zero-order valence-electron chi connectivity index (χ0n) is 25.3. The molecule has 1 saturated heterocycles. The topological polar surface area (TPSA) is 44.8 Å². The van der Waals surface area contributed by atoms with Gasteiger partial charge in [-0.2, -0.15) is 0 Å². The van der Waals surface area contributed by atoms with Crippen LogP contribution in [0.5, 0.6) is 0 Å². The quantitative estimate of drug-likeness (QED) is 0.100. The van der Waals surface area contributed by atoms with Crippen LogP contribution in [-0.2, 0) is 19.0 Å². The van der Waals surface area contributed by atoms with Gasteiger partial charge in [0.25, 0.3) is 0 Å². The largest absolute Gasteiger partial charge is 0.370 e. The molecule has 1 atom stereocenters. The molecule has 1 aliphatic rings. The summed E-state index contributed by atoms with van der Waals surface area (Å²) in [5.41, 5.74) is -0.461. The Morgan fingerprint density at radius 1 is 0.595 bits per heavy atom. The Balaban J connectivity index is 2.15. The van der Waals surface area contributed by atoms with Gasteiger partial charge in [-0.1, -0.05) is 155 Å². The van der Waals surface area contributed by atoms with E-state index < -0.39 is 11.9 Å². The van der Waals surface area contributed by atoms with Crippen LogP contribution in [0.2, 0.25) is 0 Å². The Labute approximate surface area is 231 Å². The van der Waals surface area contributed by atoms with Crippen LogP contribution in [0.15, 0.2) is 0 Å². The second kappa shape index (κ2) is 24.6. The van der Waals surface area contributed by atoms with E-state index in [1.54, 1.807) is 0 Å². The summed E-state index contributed by atoms with van der Waals surface area (Å²) in [6, 6.07) is 0. The monoisotopic (exact) mass is 524 g/mol. The third-order valence-corrected chi connectivity index (χ3v) is 8.00. The van der Waals surface area contributed by atoms with Gasteiger partial charge >= 0.3 is 0 Å². The molecule has 0 aromatic heterocycles. The van der Waals surface area contributed by atoms with Crippen molar-refractivity contribution in [1.29, 1.82) is 0 Å². The summed E-state index contributed by atoms with van der Waals surface area (Å²) in [6.45, 7) is 7.75. The molecule has 0 aromatic rings. The molecule has 0 N–H and O–H groups in total. The van der Waals surface area contributed by atoms with Crippen molar-refractivity contribution in [3.05, 3.63) is 0 Å². The molecule has 0 bridgehead atoms. The van der Waals surface area contributed by atoms with Crippen molar-refractivity contribution in [3.63, 3.8) is 0 Å². The maximum atomic E-state index is 11.6. The number of ketones is 1. The lowest BCUT2D eigenvalue weighted by Gasteiger charge is -2.38. The Morgan fingerprint density at radius 3 is 1.35 bits per heavy atom. The van der Waals surface area contributed by atoms with Gasteiger partial charge in [0, 0.05) is 6.61 Å². The van der Waals surface area contributed by atoms with Crippen molar-refractivity contribution in [2.75, 3.05) is 19.8 Å². The van der Waals surface area contributed by atoms with E-state index in [-0.39, 0.29) is 19.0 Å². The standard InChI is InChI=1S/C33H64O4/c1-4-6-8-10-12-14-16-17-18-19-21-23-25-27-33(3,32-35-29-31(34)30-36-32)37-28-26-24-22-20-15-13-11-9-7-5-2/h32H,4-30H2,1-3H3. The molecule has 0 aromatic carbocycles. The van der Waals surface area contributed by atoms with Crippen LogP contribution in [0, 0.1) is 0 Å². The van der Waals surface area contributed by atoms with Crippen LogP contribution in [0.25, 0.3) is 0 Å². The van der Waals surface area contributed by atoms with Gasteiger partial charge < -0.3 is 14.2 Å². The van der Waals surface area contributed by atoms with Gasteiger partial charge in [-0.15, -0.1) is 0 Å². The van der Waals surface area contributed by atoms with Crippen LogP contribution < -0.4 is 0 Å². The van der Waals surface area contributed by atoms with Crippen molar-refractivity contribution < 1.29 is 19.0 Å². The zero-order chi connectivity index (χ0) is 26.9. The van der Waals surface area contributed by atoms with Crippen LogP contribution in [0.3, 0.4) is 0 Å². The van der Waals surface area contributed by atoms with Gasteiger partial charge in [-0.3, -0.25) is 4.79 Å². The smallest absolute Gasteiger partial charge is 0.187 e. The van der Waals surface area contributed by atoms with E-state index in [9.17, 15) is 4.79 Å². The van der Waals surface area contributed by atoms with E-state index in [2.05, 4.69) is 20.8 Å². The molecule has 0 aliphatic carbocycles. The summed E-state index contributed by atoms with van der Waals surface area (Å²) in [7, 11) is 0. The third kappa shape index (κ3) is 19.3. The first-order chi connectivity index (χ1) is 18.1. The summed E-state index contributed by atoms with van der Waals surface area (Å²) in [4.78, 5) is 11.6. The number of Topliss-reactive ketones (excluding diaryl/α,β-unsaturated/α-hetero) is 1. The molecular weight excluding hydrogens is 460 g/mol. The summed E-state index contributed by atoms with van der Waals surface area (Å²) in [6.07, 6.45) is 31.4. The molecule has 37 heavy (non-hydrogen) atoms. The summed E-state index contributed by atoms with van der Waals surface area (Å²) >= 11 is 0.